The van der Waals surface area contributed by atoms with Gasteiger partial charge in [0.05, 0.1) is 18.4 Å². The van der Waals surface area contributed by atoms with Crippen LogP contribution in [0, 0.1) is 0 Å². The number of aromatic nitrogens is 1. The molecule has 70 valence electrons. The predicted octanol–water partition coefficient (Wildman–Crippen LogP) is -1.68. The van der Waals surface area contributed by atoms with Crippen molar-refractivity contribution in [2.75, 3.05) is 6.67 Å². The smallest absolute Gasteiger partial charge is 0.255 e. The highest BCUT2D eigenvalue weighted by Crippen LogP contribution is 2.01. The fourth-order valence-electron chi connectivity index (χ4n) is 1.85. The molecule has 1 aliphatic heterocycles. The first-order valence-corrected chi connectivity index (χ1v) is 4.53. The Hall–Kier alpha value is -1.68. The van der Waals surface area contributed by atoms with Crippen LogP contribution >= 0.6 is 0 Å². The van der Waals surface area contributed by atoms with Gasteiger partial charge in [0, 0.05) is 11.4 Å². The Morgan fingerprint density at radius 2 is 2.43 bits per heavy atom. The topological polar surface area (TPSA) is 57.2 Å². The number of hydrogen-bond acceptors (Lipinski definition) is 3. The van der Waals surface area contributed by atoms with Crippen molar-refractivity contribution in [1.29, 1.82) is 0 Å². The minimum atomic E-state index is -0.0356. The molecule has 0 amide bonds. The Bertz CT molecular complexity index is 582. The normalized spacial score (nSPS) is 22.9. The molecular weight excluding hydrogens is 178 g/mol. The van der Waals surface area contributed by atoms with Crippen molar-refractivity contribution in [2.45, 2.75) is 6.04 Å². The number of hydrogen-bond donors (Lipinski definition) is 2. The first kappa shape index (κ1) is 7.70. The summed E-state index contributed by atoms with van der Waals surface area (Å²) >= 11 is 0. The van der Waals surface area contributed by atoms with E-state index in [1.54, 1.807) is 6.20 Å². The maximum atomic E-state index is 11.5. The van der Waals surface area contributed by atoms with E-state index in [0.717, 1.165) is 16.1 Å². The minimum absolute atomic E-state index is 0.0356. The van der Waals surface area contributed by atoms with Crippen LogP contribution in [0.5, 0.6) is 0 Å². The van der Waals surface area contributed by atoms with Crippen molar-refractivity contribution < 1.29 is 0 Å². The summed E-state index contributed by atoms with van der Waals surface area (Å²) in [6.45, 7) is 0.638. The van der Waals surface area contributed by atoms with E-state index >= 15 is 0 Å². The van der Waals surface area contributed by atoms with Gasteiger partial charge in [-0.05, 0) is 23.4 Å². The molecule has 0 fully saturated rings. The zero-order valence-corrected chi connectivity index (χ0v) is 7.45. The molecule has 4 heteroatoms. The summed E-state index contributed by atoms with van der Waals surface area (Å²) in [6.07, 6.45) is 5.56. The zero-order chi connectivity index (χ0) is 9.54. The molecular formula is C10H9N3O. The van der Waals surface area contributed by atoms with E-state index in [-0.39, 0.29) is 11.6 Å². The predicted molar refractivity (Wildman–Crippen MR) is 54.5 cm³/mol. The van der Waals surface area contributed by atoms with Crippen molar-refractivity contribution in [1.82, 2.24) is 10.3 Å². The fourth-order valence-corrected chi connectivity index (χ4v) is 1.85. The molecule has 4 nitrogen and oxygen atoms in total. The molecule has 2 N–H and O–H groups in total. The number of pyridine rings is 1. The molecule has 2 aliphatic rings. The largest absolute Gasteiger partial charge is 0.329 e. The Morgan fingerprint density at radius 3 is 3.36 bits per heavy atom. The first-order valence-electron chi connectivity index (χ1n) is 4.53. The number of aliphatic imine (C=N–C) groups is 1. The van der Waals surface area contributed by atoms with E-state index < -0.39 is 0 Å². The van der Waals surface area contributed by atoms with Gasteiger partial charge in [-0.25, -0.2) is 0 Å². The molecule has 1 aromatic heterocycles. The first-order chi connectivity index (χ1) is 6.84. The second kappa shape index (κ2) is 2.65. The Labute approximate surface area is 79.7 Å². The van der Waals surface area contributed by atoms with Gasteiger partial charge in [-0.3, -0.25) is 15.1 Å². The number of fused-ring (bicyclic) bond motifs is 2. The molecule has 0 aromatic carbocycles. The third-order valence-corrected chi connectivity index (χ3v) is 2.56. The van der Waals surface area contributed by atoms with Crippen LogP contribution in [0.25, 0.3) is 12.2 Å². The Balaban J connectivity index is 2.42. The molecule has 0 radical (unpaired) electrons. The van der Waals surface area contributed by atoms with Crippen molar-refractivity contribution in [3.8, 4) is 0 Å². The maximum Gasteiger partial charge on any atom is 0.255 e. The highest BCUT2D eigenvalue weighted by Gasteiger charge is 2.18. The number of rotatable bonds is 0. The monoisotopic (exact) mass is 187 g/mol. The van der Waals surface area contributed by atoms with Gasteiger partial charge < -0.3 is 4.98 Å². The highest BCUT2D eigenvalue weighted by atomic mass is 16.1. The third-order valence-electron chi connectivity index (χ3n) is 2.56. The van der Waals surface area contributed by atoms with Crippen LogP contribution < -0.4 is 21.3 Å². The molecule has 14 heavy (non-hydrogen) atoms. The summed E-state index contributed by atoms with van der Waals surface area (Å²) in [4.78, 5) is 18.4. The lowest BCUT2D eigenvalue weighted by Crippen LogP contribution is -2.47. The summed E-state index contributed by atoms with van der Waals surface area (Å²) in [7, 11) is 0. The average Bonchev–Trinajstić information content (AvgIpc) is 2.62. The van der Waals surface area contributed by atoms with Gasteiger partial charge in [0.15, 0.2) is 0 Å². The van der Waals surface area contributed by atoms with Crippen LogP contribution in [0.4, 0.5) is 0 Å². The van der Waals surface area contributed by atoms with Crippen LogP contribution in [-0.4, -0.2) is 23.4 Å². The highest BCUT2D eigenvalue weighted by molar-refractivity contribution is 6.17. The van der Waals surface area contributed by atoms with E-state index in [1.807, 2.05) is 18.2 Å². The second-order valence-corrected chi connectivity index (χ2v) is 3.41. The number of nitrogens with one attached hydrogen (secondary N) is 2. The molecule has 1 unspecified atom stereocenters. The van der Waals surface area contributed by atoms with E-state index in [1.165, 1.54) is 0 Å². The molecule has 1 aliphatic carbocycles. The minimum Gasteiger partial charge on any atom is -0.329 e. The third kappa shape index (κ3) is 0.975. The number of aromatic amines is 1. The van der Waals surface area contributed by atoms with Gasteiger partial charge in [0.25, 0.3) is 5.56 Å². The van der Waals surface area contributed by atoms with Crippen LogP contribution in [0.3, 0.4) is 0 Å². The SMILES string of the molecule is O=c1[nH]ccc2c1=CC1NCN=C1C=2. The molecule has 1 aromatic rings. The van der Waals surface area contributed by atoms with E-state index in [2.05, 4.69) is 15.3 Å². The zero-order valence-electron chi connectivity index (χ0n) is 7.45. The van der Waals surface area contributed by atoms with Crippen LogP contribution in [0.2, 0.25) is 0 Å². The fraction of sp³-hybridized carbons (Fsp3) is 0.200. The van der Waals surface area contributed by atoms with E-state index in [9.17, 15) is 4.79 Å². The standard InChI is InChI=1S/C10H9N3O/c14-10-7-4-9-8(12-5-13-9)3-6(7)1-2-11-10/h1-4,9,13H,5H2,(H,11,14). The molecule has 0 spiro atoms. The second-order valence-electron chi connectivity index (χ2n) is 3.41. The summed E-state index contributed by atoms with van der Waals surface area (Å²) in [5.74, 6) is 0. The lowest BCUT2D eigenvalue weighted by atomic mass is 10.0. The van der Waals surface area contributed by atoms with Crippen molar-refractivity contribution in [3.63, 3.8) is 0 Å². The molecule has 1 atom stereocenters. The van der Waals surface area contributed by atoms with Crippen LogP contribution in [-0.2, 0) is 0 Å². The lowest BCUT2D eigenvalue weighted by molar-refractivity contribution is 0.789. The van der Waals surface area contributed by atoms with Gasteiger partial charge in [0.2, 0.25) is 0 Å². The van der Waals surface area contributed by atoms with Crippen molar-refractivity contribution in [2.24, 2.45) is 4.99 Å². The van der Waals surface area contributed by atoms with Crippen molar-refractivity contribution >= 4 is 17.9 Å². The number of H-pyrrole nitrogens is 1. The van der Waals surface area contributed by atoms with Gasteiger partial charge in [-0.15, -0.1) is 0 Å². The van der Waals surface area contributed by atoms with Gasteiger partial charge >= 0.3 is 0 Å². The van der Waals surface area contributed by atoms with Crippen LogP contribution in [0.15, 0.2) is 22.1 Å². The summed E-state index contributed by atoms with van der Waals surface area (Å²) in [5, 5.41) is 4.88. The van der Waals surface area contributed by atoms with E-state index in [0.29, 0.717) is 6.67 Å². The lowest BCUT2D eigenvalue weighted by Gasteiger charge is -2.08. The van der Waals surface area contributed by atoms with Gasteiger partial charge in [-0.2, -0.15) is 0 Å². The Morgan fingerprint density at radius 1 is 1.50 bits per heavy atom. The molecule has 0 bridgehead atoms. The number of nitrogens with zero attached hydrogens (tertiary/aromatic N) is 1. The quantitative estimate of drug-likeness (QED) is 0.509. The molecule has 0 saturated carbocycles. The van der Waals surface area contributed by atoms with Crippen LogP contribution in [0.1, 0.15) is 0 Å². The molecule has 2 heterocycles. The van der Waals surface area contributed by atoms with Gasteiger partial charge in [0.1, 0.15) is 0 Å². The van der Waals surface area contributed by atoms with Crippen molar-refractivity contribution in [3.05, 3.63) is 33.1 Å². The Kier molecular flexibility index (Phi) is 1.46. The van der Waals surface area contributed by atoms with Gasteiger partial charge in [-0.1, -0.05) is 0 Å². The maximum absolute atomic E-state index is 11.5. The summed E-state index contributed by atoms with van der Waals surface area (Å²) < 4.78 is 0. The molecule has 0 saturated heterocycles. The summed E-state index contributed by atoms with van der Waals surface area (Å²) in [5.41, 5.74) is 0.981. The average molecular weight is 187 g/mol. The van der Waals surface area contributed by atoms with E-state index in [4.69, 9.17) is 0 Å². The molecule has 3 rings (SSSR count). The summed E-state index contributed by atoms with van der Waals surface area (Å²) in [6, 6.07) is 2.01.